The van der Waals surface area contributed by atoms with Crippen molar-refractivity contribution in [1.29, 1.82) is 0 Å². The molecule has 1 fully saturated rings. The molecule has 0 saturated heterocycles. The second-order valence-corrected chi connectivity index (χ2v) is 5.61. The minimum absolute atomic E-state index is 0.0164. The van der Waals surface area contributed by atoms with Crippen LogP contribution in [0.25, 0.3) is 0 Å². The second kappa shape index (κ2) is 12.6. The largest absolute Gasteiger partial charge is 0.379 e. The van der Waals surface area contributed by atoms with Crippen molar-refractivity contribution in [2.75, 3.05) is 53.4 Å². The Hall–Kier alpha value is 0.0900. The molecule has 1 aliphatic rings. The summed E-state index contributed by atoms with van der Waals surface area (Å²) in [6, 6.07) is 0. The van der Waals surface area contributed by atoms with Crippen LogP contribution >= 0.6 is 11.6 Å². The molecule has 3 unspecified atom stereocenters. The van der Waals surface area contributed by atoms with Gasteiger partial charge in [0, 0.05) is 13.7 Å². The molecule has 21 heavy (non-hydrogen) atoms. The third-order valence-corrected chi connectivity index (χ3v) is 3.82. The molecule has 3 atom stereocenters. The van der Waals surface area contributed by atoms with Crippen molar-refractivity contribution in [2.24, 2.45) is 0 Å². The van der Waals surface area contributed by atoms with Gasteiger partial charge in [0.1, 0.15) is 0 Å². The average molecular weight is 325 g/mol. The highest BCUT2D eigenvalue weighted by atomic mass is 35.5. The highest BCUT2D eigenvalue weighted by molar-refractivity contribution is 6.21. The standard InChI is InChI=1S/C15H29ClO5/c1-3-4-5-18-6-7-19-8-9-20-10-11-21-14-12-13(16)15(14)17-2/h13-15H,3-12H2,1-2H3. The Labute approximate surface area is 133 Å². The maximum atomic E-state index is 6.00. The summed E-state index contributed by atoms with van der Waals surface area (Å²) in [5, 5.41) is 0.0777. The molecule has 0 aromatic carbocycles. The van der Waals surface area contributed by atoms with Crippen LogP contribution in [0.3, 0.4) is 0 Å². The first-order chi connectivity index (χ1) is 10.3. The fourth-order valence-corrected chi connectivity index (χ4v) is 2.48. The first-order valence-corrected chi connectivity index (χ1v) is 8.25. The van der Waals surface area contributed by atoms with Crippen molar-refractivity contribution in [1.82, 2.24) is 0 Å². The minimum Gasteiger partial charge on any atom is -0.379 e. The lowest BCUT2D eigenvalue weighted by molar-refractivity contribution is -0.119. The van der Waals surface area contributed by atoms with Crippen molar-refractivity contribution in [3.8, 4) is 0 Å². The maximum Gasteiger partial charge on any atom is 0.0997 e. The third-order valence-electron chi connectivity index (χ3n) is 3.40. The Morgan fingerprint density at radius 1 is 0.905 bits per heavy atom. The number of methoxy groups -OCH3 is 1. The van der Waals surface area contributed by atoms with E-state index < -0.39 is 0 Å². The summed E-state index contributed by atoms with van der Waals surface area (Å²) in [6.45, 7) is 6.54. The molecule has 0 amide bonds. The molecule has 1 rings (SSSR count). The molecule has 126 valence electrons. The number of hydrogen-bond acceptors (Lipinski definition) is 5. The van der Waals surface area contributed by atoms with Crippen LogP contribution in [-0.4, -0.2) is 70.9 Å². The topological polar surface area (TPSA) is 46.2 Å². The van der Waals surface area contributed by atoms with E-state index in [9.17, 15) is 0 Å². The normalized spacial score (nSPS) is 25.0. The summed E-state index contributed by atoms with van der Waals surface area (Å²) < 4.78 is 27.1. The first kappa shape index (κ1) is 19.1. The van der Waals surface area contributed by atoms with E-state index in [4.69, 9.17) is 35.3 Å². The van der Waals surface area contributed by atoms with Crippen molar-refractivity contribution in [2.45, 2.75) is 43.8 Å². The van der Waals surface area contributed by atoms with Gasteiger partial charge in [-0.2, -0.15) is 0 Å². The van der Waals surface area contributed by atoms with Gasteiger partial charge >= 0.3 is 0 Å². The summed E-state index contributed by atoms with van der Waals surface area (Å²) in [4.78, 5) is 0. The van der Waals surface area contributed by atoms with Crippen molar-refractivity contribution in [3.63, 3.8) is 0 Å². The van der Waals surface area contributed by atoms with Crippen LogP contribution < -0.4 is 0 Å². The number of ether oxygens (including phenoxy) is 5. The Kier molecular flexibility index (Phi) is 11.5. The van der Waals surface area contributed by atoms with Crippen LogP contribution in [0, 0.1) is 0 Å². The van der Waals surface area contributed by atoms with Gasteiger partial charge in [-0.25, -0.2) is 0 Å². The monoisotopic (exact) mass is 324 g/mol. The molecule has 0 aromatic rings. The molecule has 1 saturated carbocycles. The molecule has 0 aromatic heterocycles. The smallest absolute Gasteiger partial charge is 0.0997 e. The zero-order chi connectivity index (χ0) is 15.3. The number of alkyl halides is 1. The molecule has 5 nitrogen and oxygen atoms in total. The van der Waals surface area contributed by atoms with Gasteiger partial charge in [0.15, 0.2) is 0 Å². The second-order valence-electron chi connectivity index (χ2n) is 5.05. The zero-order valence-corrected chi connectivity index (χ0v) is 14.0. The molecular weight excluding hydrogens is 296 g/mol. The fourth-order valence-electron chi connectivity index (χ4n) is 2.04. The molecule has 0 heterocycles. The van der Waals surface area contributed by atoms with Crippen LogP contribution in [0.4, 0.5) is 0 Å². The summed E-state index contributed by atoms with van der Waals surface area (Å²) in [5.74, 6) is 0. The van der Waals surface area contributed by atoms with Gasteiger partial charge in [0.2, 0.25) is 0 Å². The van der Waals surface area contributed by atoms with E-state index in [-0.39, 0.29) is 17.6 Å². The van der Waals surface area contributed by atoms with E-state index in [0.717, 1.165) is 25.9 Å². The van der Waals surface area contributed by atoms with Crippen molar-refractivity contribution >= 4 is 11.6 Å². The molecule has 0 radical (unpaired) electrons. The lowest BCUT2D eigenvalue weighted by atomic mass is 9.91. The number of rotatable bonds is 14. The maximum absolute atomic E-state index is 6.00. The summed E-state index contributed by atoms with van der Waals surface area (Å²) in [7, 11) is 1.66. The van der Waals surface area contributed by atoms with Crippen LogP contribution in [0.15, 0.2) is 0 Å². The summed E-state index contributed by atoms with van der Waals surface area (Å²) >= 11 is 6.00. The van der Waals surface area contributed by atoms with E-state index in [1.54, 1.807) is 7.11 Å². The van der Waals surface area contributed by atoms with E-state index in [1.165, 1.54) is 0 Å². The van der Waals surface area contributed by atoms with Gasteiger partial charge in [0.25, 0.3) is 0 Å². The Bertz CT molecular complexity index is 242. The number of unbranched alkanes of at least 4 members (excludes halogenated alkanes) is 1. The van der Waals surface area contributed by atoms with Crippen molar-refractivity contribution in [3.05, 3.63) is 0 Å². The fraction of sp³-hybridized carbons (Fsp3) is 1.00. The van der Waals surface area contributed by atoms with Gasteiger partial charge in [-0.3, -0.25) is 0 Å². The summed E-state index contributed by atoms with van der Waals surface area (Å²) in [5.41, 5.74) is 0. The summed E-state index contributed by atoms with van der Waals surface area (Å²) in [6.07, 6.45) is 3.24. The predicted molar refractivity (Wildman–Crippen MR) is 82.2 cm³/mol. The lowest BCUT2D eigenvalue weighted by Gasteiger charge is -2.39. The first-order valence-electron chi connectivity index (χ1n) is 7.81. The van der Waals surface area contributed by atoms with Crippen LogP contribution in [0.5, 0.6) is 0 Å². The number of hydrogen-bond donors (Lipinski definition) is 0. The van der Waals surface area contributed by atoms with Crippen LogP contribution in [0.2, 0.25) is 0 Å². The van der Waals surface area contributed by atoms with Gasteiger partial charge < -0.3 is 23.7 Å². The molecule has 0 bridgehead atoms. The van der Waals surface area contributed by atoms with E-state index in [0.29, 0.717) is 39.6 Å². The van der Waals surface area contributed by atoms with Crippen LogP contribution in [0.1, 0.15) is 26.2 Å². The third kappa shape index (κ3) is 8.33. The Morgan fingerprint density at radius 2 is 1.48 bits per heavy atom. The Balaban J connectivity index is 1.75. The van der Waals surface area contributed by atoms with E-state index in [2.05, 4.69) is 6.92 Å². The molecular formula is C15H29ClO5. The molecule has 0 N–H and O–H groups in total. The van der Waals surface area contributed by atoms with E-state index in [1.807, 2.05) is 0 Å². The van der Waals surface area contributed by atoms with Gasteiger partial charge in [0.05, 0.1) is 57.2 Å². The zero-order valence-electron chi connectivity index (χ0n) is 13.2. The van der Waals surface area contributed by atoms with E-state index >= 15 is 0 Å². The van der Waals surface area contributed by atoms with Crippen LogP contribution in [-0.2, 0) is 23.7 Å². The molecule has 1 aliphatic carbocycles. The molecule has 0 aliphatic heterocycles. The van der Waals surface area contributed by atoms with Gasteiger partial charge in [-0.15, -0.1) is 11.6 Å². The lowest BCUT2D eigenvalue weighted by Crippen LogP contribution is -2.50. The SMILES string of the molecule is CCCCOCCOCCOCCOC1CC(Cl)C1OC. The quantitative estimate of drug-likeness (QED) is 0.362. The number of halogens is 1. The minimum atomic E-state index is 0.0164. The Morgan fingerprint density at radius 3 is 2.00 bits per heavy atom. The highest BCUT2D eigenvalue weighted by Gasteiger charge is 2.40. The predicted octanol–water partition coefficient (Wildman–Crippen LogP) is 2.25. The highest BCUT2D eigenvalue weighted by Crippen LogP contribution is 2.31. The van der Waals surface area contributed by atoms with Gasteiger partial charge in [-0.05, 0) is 12.8 Å². The van der Waals surface area contributed by atoms with Crippen molar-refractivity contribution < 1.29 is 23.7 Å². The average Bonchev–Trinajstić information content (AvgIpc) is 2.47. The molecule has 0 spiro atoms. The van der Waals surface area contributed by atoms with Gasteiger partial charge in [-0.1, -0.05) is 13.3 Å². The molecule has 6 heteroatoms.